The second-order valence-corrected chi connectivity index (χ2v) is 9.24. The molecule has 0 unspecified atom stereocenters. The van der Waals surface area contributed by atoms with Crippen LogP contribution in [0.15, 0.2) is 38.6 Å². The third-order valence-corrected chi connectivity index (χ3v) is 5.09. The fraction of sp³-hybridized carbons (Fsp3) is 0.556. The summed E-state index contributed by atoms with van der Waals surface area (Å²) in [5, 5.41) is 6.51. The van der Waals surface area contributed by atoms with E-state index in [0.29, 0.717) is 25.7 Å². The third kappa shape index (κ3) is 11.8. The van der Waals surface area contributed by atoms with Gasteiger partial charge in [0.05, 0.1) is 6.61 Å². The van der Waals surface area contributed by atoms with Gasteiger partial charge in [-0.05, 0) is 38.1 Å². The molecule has 1 rings (SSSR count). The number of benzene rings is 1. The molecule has 6 nitrogen and oxygen atoms in total. The van der Waals surface area contributed by atoms with E-state index >= 15 is 0 Å². The van der Waals surface area contributed by atoms with E-state index in [1.807, 2.05) is 12.1 Å². The van der Waals surface area contributed by atoms with Crippen molar-refractivity contribution in [1.29, 1.82) is 0 Å². The van der Waals surface area contributed by atoms with Gasteiger partial charge in [0.1, 0.15) is 6.54 Å². The van der Waals surface area contributed by atoms with Crippen LogP contribution in [0.2, 0.25) is 0 Å². The predicted octanol–water partition coefficient (Wildman–Crippen LogP) is 3.21. The first-order chi connectivity index (χ1) is 12.2. The Morgan fingerprint density at radius 2 is 1.89 bits per heavy atom. The molecule has 0 fully saturated rings. The Labute approximate surface area is 192 Å². The summed E-state index contributed by atoms with van der Waals surface area (Å²) in [6.45, 7) is 6.34. The molecule has 0 saturated heterocycles. The van der Waals surface area contributed by atoms with Crippen LogP contribution in [0.5, 0.6) is 0 Å². The van der Waals surface area contributed by atoms with Crippen LogP contribution in [0, 0.1) is 0 Å². The number of carbonyl (C=O) groups excluding carboxylic acids is 1. The first-order valence-corrected chi connectivity index (χ1v) is 10.0. The molecular formula is C18H30BrIN4O2S. The first-order valence-electron chi connectivity index (χ1n) is 8.39. The van der Waals surface area contributed by atoms with E-state index in [0.717, 1.165) is 4.47 Å². The molecule has 1 aromatic rings. The molecular weight excluding hydrogens is 543 g/mol. The zero-order valence-corrected chi connectivity index (χ0v) is 21.3. The van der Waals surface area contributed by atoms with Gasteiger partial charge in [0.2, 0.25) is 5.91 Å². The summed E-state index contributed by atoms with van der Waals surface area (Å²) in [7, 11) is 5.10. The van der Waals surface area contributed by atoms with E-state index in [9.17, 15) is 4.79 Å². The van der Waals surface area contributed by atoms with Crippen LogP contribution in [0.4, 0.5) is 0 Å². The largest absolute Gasteiger partial charge is 0.383 e. The van der Waals surface area contributed by atoms with Gasteiger partial charge in [0, 0.05) is 48.4 Å². The van der Waals surface area contributed by atoms with E-state index < -0.39 is 0 Å². The maximum absolute atomic E-state index is 11.8. The van der Waals surface area contributed by atoms with Crippen molar-refractivity contribution in [3.8, 4) is 0 Å². The van der Waals surface area contributed by atoms with Crippen LogP contribution in [0.25, 0.3) is 0 Å². The Kier molecular flexibility index (Phi) is 13.4. The highest BCUT2D eigenvalue weighted by molar-refractivity contribution is 14.0. The van der Waals surface area contributed by atoms with Crippen LogP contribution >= 0.6 is 51.7 Å². The van der Waals surface area contributed by atoms with Crippen LogP contribution in [-0.4, -0.2) is 69.0 Å². The molecule has 27 heavy (non-hydrogen) atoms. The van der Waals surface area contributed by atoms with Crippen molar-refractivity contribution in [2.45, 2.75) is 23.5 Å². The Balaban J connectivity index is 0.00000676. The van der Waals surface area contributed by atoms with Crippen molar-refractivity contribution < 1.29 is 9.53 Å². The topological polar surface area (TPSA) is 66.0 Å². The van der Waals surface area contributed by atoms with Gasteiger partial charge in [0.15, 0.2) is 5.96 Å². The summed E-state index contributed by atoms with van der Waals surface area (Å²) in [6, 6.07) is 8.27. The van der Waals surface area contributed by atoms with Crippen molar-refractivity contribution in [3.05, 3.63) is 28.7 Å². The highest BCUT2D eigenvalue weighted by Crippen LogP contribution is 2.32. The number of ether oxygens (including phenoxy) is 1. The van der Waals surface area contributed by atoms with Crippen molar-refractivity contribution in [1.82, 2.24) is 15.5 Å². The standard InChI is InChI=1S/C18H29BrN4O2S.HI/c1-18(2,26-15-8-6-14(19)7-9-15)13-22-17(20-10-11-25-5)21-12-16(24)23(3)4;/h6-9H,10-13H2,1-5H3,(H2,20,21,22);1H. The lowest BCUT2D eigenvalue weighted by Crippen LogP contribution is -2.44. The average molecular weight is 573 g/mol. The lowest BCUT2D eigenvalue weighted by molar-refractivity contribution is -0.127. The minimum Gasteiger partial charge on any atom is -0.383 e. The van der Waals surface area contributed by atoms with E-state index in [1.165, 1.54) is 9.80 Å². The van der Waals surface area contributed by atoms with Crippen LogP contribution in [0.1, 0.15) is 13.8 Å². The number of amides is 1. The fourth-order valence-corrected chi connectivity index (χ4v) is 3.21. The van der Waals surface area contributed by atoms with Crippen molar-refractivity contribution in [3.63, 3.8) is 0 Å². The molecule has 0 aliphatic heterocycles. The number of hydrogen-bond donors (Lipinski definition) is 2. The second-order valence-electron chi connectivity index (χ2n) is 6.54. The van der Waals surface area contributed by atoms with E-state index in [2.05, 4.69) is 57.5 Å². The molecule has 0 aliphatic carbocycles. The molecule has 1 amide bonds. The number of carbonyl (C=O) groups is 1. The molecule has 0 bridgehead atoms. The molecule has 2 N–H and O–H groups in total. The lowest BCUT2D eigenvalue weighted by atomic mass is 10.2. The lowest BCUT2D eigenvalue weighted by Gasteiger charge is -2.26. The van der Waals surface area contributed by atoms with E-state index in [4.69, 9.17) is 4.74 Å². The number of thioether (sulfide) groups is 1. The van der Waals surface area contributed by atoms with E-state index in [1.54, 1.807) is 33.0 Å². The summed E-state index contributed by atoms with van der Waals surface area (Å²) in [4.78, 5) is 18.9. The molecule has 0 aromatic heterocycles. The molecule has 0 aliphatic rings. The Hall–Kier alpha value is -0.520. The van der Waals surface area contributed by atoms with Gasteiger partial charge < -0.3 is 20.3 Å². The number of aliphatic imine (C=N–C) groups is 1. The van der Waals surface area contributed by atoms with Gasteiger partial charge in [0.25, 0.3) is 0 Å². The van der Waals surface area contributed by atoms with Crippen molar-refractivity contribution in [2.24, 2.45) is 4.99 Å². The fourth-order valence-electron chi connectivity index (χ4n) is 1.89. The monoisotopic (exact) mass is 572 g/mol. The Bertz CT molecular complexity index is 598. The molecule has 154 valence electrons. The number of nitrogens with zero attached hydrogens (tertiary/aromatic N) is 2. The summed E-state index contributed by atoms with van der Waals surface area (Å²) in [5.74, 6) is 0.572. The number of nitrogens with one attached hydrogen (secondary N) is 2. The Morgan fingerprint density at radius 3 is 2.44 bits per heavy atom. The summed E-state index contributed by atoms with van der Waals surface area (Å²) >= 11 is 5.25. The van der Waals surface area contributed by atoms with Crippen LogP contribution in [-0.2, 0) is 9.53 Å². The summed E-state index contributed by atoms with van der Waals surface area (Å²) in [5.41, 5.74) is 0. The van der Waals surface area contributed by atoms with Gasteiger partial charge in [-0.3, -0.25) is 4.79 Å². The van der Waals surface area contributed by atoms with Gasteiger partial charge in [-0.15, -0.1) is 35.7 Å². The van der Waals surface area contributed by atoms with E-state index in [-0.39, 0.29) is 41.2 Å². The Morgan fingerprint density at radius 1 is 1.26 bits per heavy atom. The maximum atomic E-state index is 11.8. The molecule has 0 spiro atoms. The highest BCUT2D eigenvalue weighted by Gasteiger charge is 2.20. The zero-order valence-electron chi connectivity index (χ0n) is 16.5. The van der Waals surface area contributed by atoms with Crippen molar-refractivity contribution in [2.75, 3.05) is 47.4 Å². The number of halogens is 2. The smallest absolute Gasteiger partial charge is 0.243 e. The number of likely N-dealkylation sites (N-methyl/N-ethyl adjacent to an activating group) is 1. The molecule has 1 aromatic carbocycles. The number of rotatable bonds is 9. The van der Waals surface area contributed by atoms with Gasteiger partial charge >= 0.3 is 0 Å². The quantitative estimate of drug-likeness (QED) is 0.156. The van der Waals surface area contributed by atoms with Crippen molar-refractivity contribution >= 4 is 63.5 Å². The third-order valence-electron chi connectivity index (χ3n) is 3.36. The first kappa shape index (κ1) is 26.5. The number of methoxy groups -OCH3 is 1. The minimum absolute atomic E-state index is 0. The molecule has 9 heteroatoms. The second kappa shape index (κ2) is 13.6. The SMILES string of the molecule is COCCNC(=NCC(=O)N(C)C)NCC(C)(C)Sc1ccc(Br)cc1.I. The van der Waals surface area contributed by atoms with Gasteiger partial charge in [-0.1, -0.05) is 15.9 Å². The average Bonchev–Trinajstić information content (AvgIpc) is 2.58. The highest BCUT2D eigenvalue weighted by atomic mass is 127. The predicted molar refractivity (Wildman–Crippen MR) is 128 cm³/mol. The molecule has 0 radical (unpaired) electrons. The molecule has 0 atom stereocenters. The number of guanidine groups is 1. The molecule has 0 heterocycles. The minimum atomic E-state index is -0.0525. The van der Waals surface area contributed by atoms with Gasteiger partial charge in [-0.25, -0.2) is 4.99 Å². The summed E-state index contributed by atoms with van der Waals surface area (Å²) in [6.07, 6.45) is 0. The molecule has 0 saturated carbocycles. The zero-order chi connectivity index (χ0) is 19.6. The summed E-state index contributed by atoms with van der Waals surface area (Å²) < 4.78 is 6.08. The number of hydrogen-bond acceptors (Lipinski definition) is 4. The van der Waals surface area contributed by atoms with Crippen LogP contribution < -0.4 is 10.6 Å². The van der Waals surface area contributed by atoms with Gasteiger partial charge in [-0.2, -0.15) is 0 Å². The van der Waals surface area contributed by atoms with Crippen LogP contribution in [0.3, 0.4) is 0 Å². The maximum Gasteiger partial charge on any atom is 0.243 e. The normalized spacial score (nSPS) is 11.6.